The average molecular weight is 345 g/mol. The smallest absolute Gasteiger partial charge is 0.272 e. The van der Waals surface area contributed by atoms with Crippen LogP contribution in [0.2, 0.25) is 0 Å². The molecule has 1 atom stereocenters. The van der Waals surface area contributed by atoms with E-state index in [2.05, 4.69) is 26.8 Å². The maximum atomic E-state index is 6.11. The summed E-state index contributed by atoms with van der Waals surface area (Å²) < 4.78 is 10.2. The molecule has 0 spiro atoms. The highest BCUT2D eigenvalue weighted by Gasteiger charge is 2.24. The molecular formula is C21H21N4O+. The minimum absolute atomic E-state index is 0.0115. The standard InChI is InChI=1S/C21H21N4O/c1-15-14-25(3)21(23-15)17-7-5-9-19(13-17)26-18-8-4-6-16(12-18)20-22-10-11-24(20)2/h4-14,21H,1-3H3/q+1. The molecule has 4 rings (SSSR count). The fourth-order valence-electron chi connectivity index (χ4n) is 3.21. The fraction of sp³-hybridized carbons (Fsp3) is 0.190. The highest BCUT2D eigenvalue weighted by atomic mass is 16.5. The highest BCUT2D eigenvalue weighted by molar-refractivity contribution is 6.28. The van der Waals surface area contributed by atoms with Crippen LogP contribution in [0.25, 0.3) is 11.4 Å². The molecule has 3 aromatic rings. The monoisotopic (exact) mass is 345 g/mol. The van der Waals surface area contributed by atoms with Crippen molar-refractivity contribution in [3.63, 3.8) is 0 Å². The summed E-state index contributed by atoms with van der Waals surface area (Å²) in [5.41, 5.74) is 3.17. The third kappa shape index (κ3) is 3.16. The van der Waals surface area contributed by atoms with E-state index in [1.807, 2.05) is 74.2 Å². The van der Waals surface area contributed by atoms with E-state index in [0.29, 0.717) is 0 Å². The van der Waals surface area contributed by atoms with Crippen LogP contribution in [0.15, 0.2) is 65.9 Å². The van der Waals surface area contributed by atoms with Crippen LogP contribution in [-0.2, 0) is 7.05 Å². The van der Waals surface area contributed by atoms with Gasteiger partial charge in [-0.15, -0.1) is 0 Å². The minimum Gasteiger partial charge on any atom is -0.457 e. The third-order valence-corrected chi connectivity index (χ3v) is 4.41. The first-order valence-electron chi connectivity index (χ1n) is 8.57. The first kappa shape index (κ1) is 16.3. The van der Waals surface area contributed by atoms with E-state index in [1.54, 1.807) is 6.20 Å². The van der Waals surface area contributed by atoms with Crippen LogP contribution < -0.4 is 4.74 Å². The highest BCUT2D eigenvalue weighted by Crippen LogP contribution is 2.29. The van der Waals surface area contributed by atoms with Crippen molar-refractivity contribution in [3.8, 4) is 22.9 Å². The number of hydrogen-bond donors (Lipinski definition) is 0. The second kappa shape index (κ2) is 6.59. The van der Waals surface area contributed by atoms with Gasteiger partial charge in [0.05, 0.1) is 0 Å². The molecule has 0 saturated heterocycles. The van der Waals surface area contributed by atoms with Crippen LogP contribution in [0.3, 0.4) is 0 Å². The molecule has 0 amide bonds. The summed E-state index contributed by atoms with van der Waals surface area (Å²) >= 11 is 0. The molecule has 5 heteroatoms. The largest absolute Gasteiger partial charge is 0.457 e. The van der Waals surface area contributed by atoms with Gasteiger partial charge in [0.1, 0.15) is 30.1 Å². The first-order chi connectivity index (χ1) is 12.6. The van der Waals surface area contributed by atoms with Gasteiger partial charge < -0.3 is 9.30 Å². The van der Waals surface area contributed by atoms with Crippen molar-refractivity contribution in [1.29, 1.82) is 0 Å². The molecule has 1 aliphatic heterocycles. The number of hydrogen-bond acceptors (Lipinski definition) is 3. The van der Waals surface area contributed by atoms with E-state index in [0.717, 1.165) is 34.2 Å². The Hall–Kier alpha value is -3.21. The van der Waals surface area contributed by atoms with Gasteiger partial charge in [0.25, 0.3) is 6.17 Å². The van der Waals surface area contributed by atoms with Gasteiger partial charge in [-0.1, -0.05) is 18.2 Å². The van der Waals surface area contributed by atoms with Gasteiger partial charge in [-0.2, -0.15) is 0 Å². The molecule has 26 heavy (non-hydrogen) atoms. The molecule has 0 bridgehead atoms. The van der Waals surface area contributed by atoms with E-state index >= 15 is 0 Å². The van der Waals surface area contributed by atoms with E-state index in [4.69, 9.17) is 4.74 Å². The zero-order chi connectivity index (χ0) is 18.1. The summed E-state index contributed by atoms with van der Waals surface area (Å²) in [6, 6.07) is 16.1. The van der Waals surface area contributed by atoms with E-state index in [1.165, 1.54) is 0 Å². The summed E-state index contributed by atoms with van der Waals surface area (Å²) in [5, 5.41) is 0. The lowest BCUT2D eigenvalue weighted by molar-refractivity contribution is -0.533. The molecule has 2 heterocycles. The third-order valence-electron chi connectivity index (χ3n) is 4.41. The minimum atomic E-state index is 0.0115. The Labute approximate surface area is 152 Å². The van der Waals surface area contributed by atoms with Gasteiger partial charge in [-0.25, -0.2) is 14.6 Å². The summed E-state index contributed by atoms with van der Waals surface area (Å²) in [5.74, 6) is 2.50. The van der Waals surface area contributed by atoms with Crippen molar-refractivity contribution >= 4 is 11.9 Å². The Balaban J connectivity index is 1.60. The van der Waals surface area contributed by atoms with Crippen LogP contribution in [0.5, 0.6) is 11.5 Å². The van der Waals surface area contributed by atoms with Crippen LogP contribution in [0, 0.1) is 0 Å². The lowest BCUT2D eigenvalue weighted by Crippen LogP contribution is -2.09. The predicted molar refractivity (Wildman–Crippen MR) is 103 cm³/mol. The maximum absolute atomic E-state index is 6.11. The molecule has 2 aromatic carbocycles. The Kier molecular flexibility index (Phi) is 4.13. The Bertz CT molecular complexity index is 1020. The fourth-order valence-corrected chi connectivity index (χ4v) is 3.21. The van der Waals surface area contributed by atoms with Crippen LogP contribution in [0.4, 0.5) is 0 Å². The average Bonchev–Trinajstić information content (AvgIpc) is 3.20. The van der Waals surface area contributed by atoms with Crippen molar-refractivity contribution in [2.75, 3.05) is 7.05 Å². The number of nitrogens with zero attached hydrogens (tertiary/aromatic N) is 4. The molecule has 0 radical (unpaired) electrons. The van der Waals surface area contributed by atoms with Crippen LogP contribution >= 0.6 is 0 Å². The van der Waals surface area contributed by atoms with Crippen molar-refractivity contribution in [2.24, 2.45) is 12.0 Å². The Morgan fingerprint density at radius 2 is 1.85 bits per heavy atom. The zero-order valence-electron chi connectivity index (χ0n) is 15.1. The Morgan fingerprint density at radius 3 is 2.54 bits per heavy atom. The van der Waals surface area contributed by atoms with Crippen molar-refractivity contribution < 1.29 is 9.31 Å². The summed E-state index contributed by atoms with van der Waals surface area (Å²) in [4.78, 5) is 9.07. The summed E-state index contributed by atoms with van der Waals surface area (Å²) in [6.45, 7) is 2.01. The van der Waals surface area contributed by atoms with Gasteiger partial charge in [0.15, 0.2) is 6.21 Å². The molecule has 1 unspecified atom stereocenters. The first-order valence-corrected chi connectivity index (χ1v) is 8.57. The van der Waals surface area contributed by atoms with E-state index < -0.39 is 0 Å². The second-order valence-electron chi connectivity index (χ2n) is 6.50. The van der Waals surface area contributed by atoms with Crippen LogP contribution in [-0.4, -0.2) is 33.1 Å². The predicted octanol–water partition coefficient (Wildman–Crippen LogP) is 4.07. The molecule has 0 aliphatic carbocycles. The van der Waals surface area contributed by atoms with E-state index in [-0.39, 0.29) is 6.17 Å². The lowest BCUT2D eigenvalue weighted by atomic mass is 10.1. The van der Waals surface area contributed by atoms with Gasteiger partial charge in [0, 0.05) is 30.6 Å². The number of imidazole rings is 1. The number of ether oxygens (including phenoxy) is 1. The molecular weight excluding hydrogens is 324 g/mol. The van der Waals surface area contributed by atoms with Gasteiger partial charge >= 0.3 is 0 Å². The van der Waals surface area contributed by atoms with Crippen molar-refractivity contribution in [3.05, 3.63) is 66.5 Å². The van der Waals surface area contributed by atoms with E-state index in [9.17, 15) is 0 Å². The normalized spacial score (nSPS) is 16.3. The van der Waals surface area contributed by atoms with Gasteiger partial charge in [-0.05, 0) is 37.3 Å². The number of aromatic nitrogens is 2. The molecule has 1 aliphatic rings. The number of rotatable bonds is 4. The lowest BCUT2D eigenvalue weighted by Gasteiger charge is -2.10. The summed E-state index contributed by atoms with van der Waals surface area (Å²) in [6.07, 6.45) is 5.79. The molecule has 1 aromatic heterocycles. The summed E-state index contributed by atoms with van der Waals surface area (Å²) in [7, 11) is 4.02. The van der Waals surface area contributed by atoms with Crippen molar-refractivity contribution in [2.45, 2.75) is 13.1 Å². The molecule has 130 valence electrons. The molecule has 0 fully saturated rings. The van der Waals surface area contributed by atoms with Gasteiger partial charge in [-0.3, -0.25) is 0 Å². The quantitative estimate of drug-likeness (QED) is 0.669. The number of benzene rings is 2. The maximum Gasteiger partial charge on any atom is 0.272 e. The van der Waals surface area contributed by atoms with Crippen molar-refractivity contribution in [1.82, 2.24) is 9.55 Å². The SMILES string of the molecule is CC1=NC(c2cccc(Oc3cccc(-c4nccn4C)c3)c2)[N+](C)=C1. The number of aryl methyl sites for hydroxylation is 1. The molecule has 0 saturated carbocycles. The Morgan fingerprint density at radius 1 is 1.08 bits per heavy atom. The molecule has 0 N–H and O–H groups in total. The second-order valence-corrected chi connectivity index (χ2v) is 6.50. The van der Waals surface area contributed by atoms with Crippen LogP contribution in [0.1, 0.15) is 18.7 Å². The molecule has 5 nitrogen and oxygen atoms in total. The van der Waals surface area contributed by atoms with Gasteiger partial charge in [0.2, 0.25) is 0 Å². The topological polar surface area (TPSA) is 42.4 Å². The zero-order valence-corrected chi connectivity index (χ0v) is 15.1. The number of aliphatic imine (C=N–C) groups is 1.